The minimum Gasteiger partial charge on any atom is -0.490 e. The van der Waals surface area contributed by atoms with Crippen molar-refractivity contribution in [2.24, 2.45) is 5.73 Å². The van der Waals surface area contributed by atoms with Gasteiger partial charge in [-0.3, -0.25) is 15.6 Å². The molecular weight excluding hydrogens is 543 g/mol. The molecule has 1 aliphatic carbocycles. The van der Waals surface area contributed by atoms with Crippen molar-refractivity contribution in [1.29, 1.82) is 5.41 Å². The molecule has 3 rings (SSSR count). The number of carbonyl (C=O) groups is 2. The molecule has 1 fully saturated rings. The predicted octanol–water partition coefficient (Wildman–Crippen LogP) is 4.90. The fraction of sp³-hybridized carbons (Fsp3) is 0.464. The van der Waals surface area contributed by atoms with Gasteiger partial charge in [0.1, 0.15) is 11.9 Å². The lowest BCUT2D eigenvalue weighted by atomic mass is 9.96. The van der Waals surface area contributed by atoms with Gasteiger partial charge in [0.25, 0.3) is 5.91 Å². The van der Waals surface area contributed by atoms with Crippen molar-refractivity contribution in [3.63, 3.8) is 0 Å². The van der Waals surface area contributed by atoms with E-state index in [2.05, 4.69) is 16.2 Å². The van der Waals surface area contributed by atoms with Gasteiger partial charge < -0.3 is 25.6 Å². The van der Waals surface area contributed by atoms with Gasteiger partial charge in [-0.2, -0.15) is 13.2 Å². The summed E-state index contributed by atoms with van der Waals surface area (Å²) in [6.45, 7) is 6.32. The van der Waals surface area contributed by atoms with Crippen LogP contribution < -0.4 is 31.4 Å². The number of ether oxygens (including phenoxy) is 2. The number of amides is 1. The van der Waals surface area contributed by atoms with E-state index in [1.165, 1.54) is 19.3 Å². The highest BCUT2D eigenvalue weighted by atomic mass is 19.4. The summed E-state index contributed by atoms with van der Waals surface area (Å²) >= 11 is 0. The molecule has 0 heterocycles. The van der Waals surface area contributed by atoms with Crippen LogP contribution in [-0.2, 0) is 9.59 Å². The number of hydrogen-bond donors (Lipinski definition) is 6. The predicted molar refractivity (Wildman–Crippen MR) is 149 cm³/mol. The maximum Gasteiger partial charge on any atom is 0.490 e. The summed E-state index contributed by atoms with van der Waals surface area (Å²) in [5.74, 6) is -1.71. The van der Waals surface area contributed by atoms with Crippen LogP contribution in [-0.4, -0.2) is 47.7 Å². The maximum atomic E-state index is 13.3. The Hall–Kier alpha value is -4.00. The summed E-state index contributed by atoms with van der Waals surface area (Å²) < 4.78 is 43.4. The zero-order valence-electron chi connectivity index (χ0n) is 23.3. The Morgan fingerprint density at radius 3 is 2.20 bits per heavy atom. The zero-order valence-corrected chi connectivity index (χ0v) is 23.3. The van der Waals surface area contributed by atoms with Crippen molar-refractivity contribution < 1.29 is 37.3 Å². The number of nitrogens with two attached hydrogens (primary N) is 1. The molecule has 1 aliphatic rings. The molecule has 226 valence electrons. The third kappa shape index (κ3) is 11.2. The Bertz CT molecular complexity index is 1150. The first-order chi connectivity index (χ1) is 19.3. The van der Waals surface area contributed by atoms with E-state index in [-0.39, 0.29) is 23.9 Å². The summed E-state index contributed by atoms with van der Waals surface area (Å²) in [5.41, 5.74) is 13.8. The normalized spacial score (nSPS) is 14.3. The second kappa shape index (κ2) is 15.7. The van der Waals surface area contributed by atoms with Crippen LogP contribution in [0, 0.1) is 5.41 Å². The smallest absolute Gasteiger partial charge is 0.490 e. The van der Waals surface area contributed by atoms with E-state index in [0.717, 1.165) is 24.1 Å². The van der Waals surface area contributed by atoms with Gasteiger partial charge in [0.05, 0.1) is 12.7 Å². The quantitative estimate of drug-likeness (QED) is 0.124. The molecule has 1 saturated carbocycles. The molecule has 2 aromatic carbocycles. The number of hydrazine groups is 1. The van der Waals surface area contributed by atoms with E-state index in [4.69, 9.17) is 30.5 Å². The van der Waals surface area contributed by atoms with Crippen LogP contribution in [0.15, 0.2) is 42.5 Å². The van der Waals surface area contributed by atoms with Gasteiger partial charge in [0, 0.05) is 17.3 Å². The number of carboxylic acid groups (broad SMARTS) is 1. The minimum absolute atomic E-state index is 0.000350. The Labute approximate surface area is 237 Å². The highest BCUT2D eigenvalue weighted by Gasteiger charge is 2.38. The van der Waals surface area contributed by atoms with Gasteiger partial charge >= 0.3 is 12.1 Å². The van der Waals surface area contributed by atoms with Crippen LogP contribution in [0.1, 0.15) is 70.0 Å². The Balaban J connectivity index is 0.000000745. The van der Waals surface area contributed by atoms with Crippen molar-refractivity contribution in [3.05, 3.63) is 53.6 Å². The Morgan fingerprint density at radius 1 is 1.07 bits per heavy atom. The van der Waals surface area contributed by atoms with Gasteiger partial charge in [-0.15, -0.1) is 0 Å². The molecule has 1 atom stereocenters. The number of anilines is 1. The average molecular weight is 582 g/mol. The molecule has 0 spiro atoms. The van der Waals surface area contributed by atoms with Crippen molar-refractivity contribution in [2.75, 3.05) is 11.9 Å². The van der Waals surface area contributed by atoms with E-state index in [0.29, 0.717) is 23.7 Å². The molecule has 1 unspecified atom stereocenters. The number of carboxylic acids is 1. The van der Waals surface area contributed by atoms with E-state index < -0.39 is 18.2 Å². The second-order valence-electron chi connectivity index (χ2n) is 9.65. The van der Waals surface area contributed by atoms with Crippen LogP contribution in [0.5, 0.6) is 11.5 Å². The highest BCUT2D eigenvalue weighted by molar-refractivity contribution is 5.95. The molecular formula is C28H38F3N5O5. The molecule has 0 bridgehead atoms. The van der Waals surface area contributed by atoms with Crippen molar-refractivity contribution >= 4 is 23.4 Å². The van der Waals surface area contributed by atoms with Crippen LogP contribution >= 0.6 is 0 Å². The molecule has 0 saturated heterocycles. The molecule has 7 N–H and O–H groups in total. The first-order valence-corrected chi connectivity index (χ1v) is 13.3. The number of aliphatic carboxylic acids is 1. The van der Waals surface area contributed by atoms with E-state index in [9.17, 15) is 18.0 Å². The van der Waals surface area contributed by atoms with Crippen molar-refractivity contribution in [3.8, 4) is 11.5 Å². The SMILES string of the molecule is CCOc1cc(C(Nc2ccc(C(=N)N)cc2)C(=O)NNC2CCCCC2)ccc1OC(C)C.O=C(O)C(F)(F)F. The van der Waals surface area contributed by atoms with Crippen molar-refractivity contribution in [2.45, 2.75) is 77.2 Å². The number of nitrogen functional groups attached to an aromatic ring is 1. The van der Waals surface area contributed by atoms with E-state index in [1.807, 2.05) is 51.1 Å². The lowest BCUT2D eigenvalue weighted by Crippen LogP contribution is -2.48. The van der Waals surface area contributed by atoms with Crippen LogP contribution in [0.3, 0.4) is 0 Å². The monoisotopic (exact) mass is 581 g/mol. The van der Waals surface area contributed by atoms with E-state index in [1.54, 1.807) is 12.1 Å². The number of nitrogens with one attached hydrogen (secondary N) is 4. The van der Waals surface area contributed by atoms with Gasteiger partial charge in [0.2, 0.25) is 0 Å². The molecule has 41 heavy (non-hydrogen) atoms. The van der Waals surface area contributed by atoms with Crippen LogP contribution in [0.25, 0.3) is 0 Å². The standard InChI is InChI=1S/C26H37N5O3.C2HF3O2/c1-4-33-23-16-19(12-15-22(23)34-17(2)3)24(26(32)31-30-21-8-6-5-7-9-21)29-20-13-10-18(11-14-20)25(27)28;3-2(4,5)1(6)7/h10-17,21,24,29-30H,4-9H2,1-3H3,(H3,27,28)(H,31,32);(H,6,7). The fourth-order valence-corrected chi connectivity index (χ4v) is 4.03. The molecule has 0 aliphatic heterocycles. The van der Waals surface area contributed by atoms with Gasteiger partial charge in [-0.05, 0) is 75.6 Å². The summed E-state index contributed by atoms with van der Waals surface area (Å²) in [6.07, 6.45) is 0.625. The Kier molecular flexibility index (Phi) is 12.7. The Morgan fingerprint density at radius 2 is 1.68 bits per heavy atom. The number of benzene rings is 2. The number of alkyl halides is 3. The van der Waals surface area contributed by atoms with E-state index >= 15 is 0 Å². The molecule has 0 aromatic heterocycles. The number of carbonyl (C=O) groups excluding carboxylic acids is 1. The lowest BCUT2D eigenvalue weighted by molar-refractivity contribution is -0.192. The molecule has 13 heteroatoms. The number of amidine groups is 1. The number of halogens is 3. The largest absolute Gasteiger partial charge is 0.490 e. The summed E-state index contributed by atoms with van der Waals surface area (Å²) in [7, 11) is 0. The van der Waals surface area contributed by atoms with Gasteiger partial charge in [-0.25, -0.2) is 10.2 Å². The van der Waals surface area contributed by atoms with Gasteiger partial charge in [0.15, 0.2) is 11.5 Å². The van der Waals surface area contributed by atoms with Crippen molar-refractivity contribution in [1.82, 2.24) is 10.9 Å². The third-order valence-electron chi connectivity index (χ3n) is 5.98. The first kappa shape index (κ1) is 33.2. The molecule has 2 aromatic rings. The third-order valence-corrected chi connectivity index (χ3v) is 5.98. The molecule has 1 amide bonds. The fourth-order valence-electron chi connectivity index (χ4n) is 4.03. The summed E-state index contributed by atoms with van der Waals surface area (Å²) in [5, 5.41) is 18.0. The maximum absolute atomic E-state index is 13.3. The van der Waals surface area contributed by atoms with Crippen LogP contribution in [0.2, 0.25) is 0 Å². The average Bonchev–Trinajstić information content (AvgIpc) is 2.92. The molecule has 10 nitrogen and oxygen atoms in total. The summed E-state index contributed by atoms with van der Waals surface area (Å²) in [4.78, 5) is 22.2. The first-order valence-electron chi connectivity index (χ1n) is 13.3. The molecule has 0 radical (unpaired) electrons. The highest BCUT2D eigenvalue weighted by Crippen LogP contribution is 2.33. The number of hydrogen-bond acceptors (Lipinski definition) is 7. The van der Waals surface area contributed by atoms with Gasteiger partial charge in [-0.1, -0.05) is 25.3 Å². The number of rotatable bonds is 11. The minimum atomic E-state index is -5.08. The zero-order chi connectivity index (χ0) is 30.6. The summed E-state index contributed by atoms with van der Waals surface area (Å²) in [6, 6.07) is 12.3. The lowest BCUT2D eigenvalue weighted by Gasteiger charge is -2.26. The topological polar surface area (TPSA) is 159 Å². The van der Waals surface area contributed by atoms with Crippen LogP contribution in [0.4, 0.5) is 18.9 Å². The second-order valence-corrected chi connectivity index (χ2v) is 9.65.